The van der Waals surface area contributed by atoms with Gasteiger partial charge in [-0.2, -0.15) is 0 Å². The van der Waals surface area contributed by atoms with Gasteiger partial charge in [0.25, 0.3) is 5.69 Å². The summed E-state index contributed by atoms with van der Waals surface area (Å²) in [6.07, 6.45) is -0.213. The Kier molecular flexibility index (Phi) is 10.9. The van der Waals surface area contributed by atoms with E-state index in [4.69, 9.17) is 23.8 Å². The van der Waals surface area contributed by atoms with E-state index in [1.807, 2.05) is 6.92 Å². The van der Waals surface area contributed by atoms with Crippen LogP contribution in [0.2, 0.25) is 18.1 Å². The first-order chi connectivity index (χ1) is 27.5. The molecule has 0 radical (unpaired) electrons. The highest BCUT2D eigenvalue weighted by atomic mass is 28.4. The number of fused-ring (bicyclic) bond motifs is 3. The van der Waals surface area contributed by atoms with Gasteiger partial charge in [0.05, 0.1) is 28.6 Å². The number of carbonyl (C=O) groups is 2. The number of esters is 1. The van der Waals surface area contributed by atoms with Crippen LogP contribution < -0.4 is 10.2 Å². The zero-order valence-corrected chi connectivity index (χ0v) is 32.8. The van der Waals surface area contributed by atoms with Crippen molar-refractivity contribution < 1.29 is 32.8 Å². The first-order valence-corrected chi connectivity index (χ1v) is 21.3. The molecule has 3 heterocycles. The molecule has 3 aromatic carbocycles. The van der Waals surface area contributed by atoms with Crippen LogP contribution in [0.25, 0.3) is 38.6 Å². The van der Waals surface area contributed by atoms with Gasteiger partial charge in [0, 0.05) is 28.8 Å². The Hall–Kier alpha value is -6.35. The molecular formula is C41H40N6O9Si. The third-order valence-corrected chi connectivity index (χ3v) is 15.8. The predicted molar refractivity (Wildman–Crippen MR) is 213 cm³/mol. The molecule has 15 nitrogen and oxygen atoms in total. The zero-order valence-electron chi connectivity index (χ0n) is 31.8. The molecule has 0 spiro atoms. The van der Waals surface area contributed by atoms with Crippen LogP contribution in [-0.2, 0) is 32.0 Å². The van der Waals surface area contributed by atoms with Gasteiger partial charge in [0.15, 0.2) is 25.1 Å². The molecule has 4 aliphatic rings. The summed E-state index contributed by atoms with van der Waals surface area (Å²) in [6, 6.07) is 22.8. The fourth-order valence-electron chi connectivity index (χ4n) is 7.80. The van der Waals surface area contributed by atoms with Crippen molar-refractivity contribution in [2.45, 2.75) is 77.6 Å². The Labute approximate surface area is 328 Å². The van der Waals surface area contributed by atoms with Crippen molar-refractivity contribution in [3.8, 4) is 17.2 Å². The minimum absolute atomic E-state index is 0.0265. The first-order valence-electron chi connectivity index (χ1n) is 18.8. The summed E-state index contributed by atoms with van der Waals surface area (Å²) in [6.45, 7) is 8.07. The Morgan fingerprint density at radius 1 is 1.02 bits per heavy atom. The summed E-state index contributed by atoms with van der Waals surface area (Å²) in [5, 5.41) is 16.2. The van der Waals surface area contributed by atoms with Crippen molar-refractivity contribution in [2.24, 2.45) is 11.0 Å². The van der Waals surface area contributed by atoms with Gasteiger partial charge in [-0.25, -0.2) is 9.78 Å². The number of β-lactam (4-membered cyclic amide) rings is 1. The van der Waals surface area contributed by atoms with Gasteiger partial charge in [-0.1, -0.05) is 56.2 Å². The molecule has 7 rings (SSSR count). The molecule has 1 amide bonds. The second-order valence-electron chi connectivity index (χ2n) is 14.2. The lowest BCUT2D eigenvalue weighted by Crippen LogP contribution is -2.63. The molecule has 0 aromatic heterocycles. The summed E-state index contributed by atoms with van der Waals surface area (Å²) in [4.78, 5) is 60.6. The Balaban J connectivity index is 1.17. The summed E-state index contributed by atoms with van der Waals surface area (Å²) >= 11 is 0. The molecule has 0 bridgehead atoms. The molecule has 0 unspecified atom stereocenters. The van der Waals surface area contributed by atoms with E-state index in [2.05, 4.69) is 35.8 Å². The van der Waals surface area contributed by atoms with E-state index in [0.29, 0.717) is 50.7 Å². The Bertz CT molecular complexity index is 2480. The van der Waals surface area contributed by atoms with E-state index in [-0.39, 0.29) is 47.9 Å². The summed E-state index contributed by atoms with van der Waals surface area (Å²) < 4.78 is 24.3. The topological polar surface area (TPSA) is 200 Å². The number of amides is 1. The molecule has 1 fully saturated rings. The molecule has 292 valence electrons. The fourth-order valence-corrected chi connectivity index (χ4v) is 10.7. The van der Waals surface area contributed by atoms with E-state index >= 15 is 0 Å². The molecule has 3 aliphatic heterocycles. The average Bonchev–Trinajstić information content (AvgIpc) is 3.55. The Morgan fingerprint density at radius 3 is 2.46 bits per heavy atom. The number of carbonyl (C=O) groups excluding carboxylic acids is 2. The molecule has 3 atom stereocenters. The number of nitro benzene ring substituents is 1. The standard InChI is InChI=1S/C41H40N6O9Si/c1-5-57(6-2,7-3)56-24(4)38-35-21-31(39(46(35)40(38)49)41(50)54-22-25-8-11-27(12-9-25)44-45-42)30-15-10-26(18-34(30)47(51)52)23-53-29-14-17-33-37(20-29)55-36-19-28(48)13-16-32(36)43-33/h8-20,24,35,38H,5-7,21-23H2,1-4H3/t24-,35-,38-/m1/s1. The second kappa shape index (κ2) is 16.0. The number of benzene rings is 4. The summed E-state index contributed by atoms with van der Waals surface area (Å²) in [5.74, 6) is -0.860. The quantitative estimate of drug-likeness (QED) is 0.0114. The summed E-state index contributed by atoms with van der Waals surface area (Å²) in [5.41, 5.74) is 11.8. The molecule has 3 aromatic rings. The van der Waals surface area contributed by atoms with Crippen molar-refractivity contribution in [2.75, 3.05) is 0 Å². The normalized spacial score (nSPS) is 16.9. The maximum absolute atomic E-state index is 14.0. The van der Waals surface area contributed by atoms with Crippen LogP contribution in [0.15, 0.2) is 98.9 Å². The zero-order chi connectivity index (χ0) is 40.4. The lowest BCUT2D eigenvalue weighted by Gasteiger charge is -2.48. The molecule has 16 heteroatoms. The number of nitro groups is 1. The monoisotopic (exact) mass is 788 g/mol. The number of hydrogen-bond acceptors (Lipinski definition) is 11. The molecule has 0 N–H and O–H groups in total. The lowest BCUT2D eigenvalue weighted by atomic mass is 9.82. The van der Waals surface area contributed by atoms with Crippen LogP contribution in [-0.4, -0.2) is 47.1 Å². The van der Waals surface area contributed by atoms with Crippen LogP contribution in [0.4, 0.5) is 11.4 Å². The van der Waals surface area contributed by atoms with Gasteiger partial charge in [-0.05, 0) is 84.0 Å². The van der Waals surface area contributed by atoms with Gasteiger partial charge in [-0.3, -0.25) is 19.7 Å². The van der Waals surface area contributed by atoms with Crippen molar-refractivity contribution >= 4 is 48.2 Å². The van der Waals surface area contributed by atoms with Crippen LogP contribution in [0.3, 0.4) is 0 Å². The number of aromatic nitrogens is 1. The molecule has 0 saturated carbocycles. The van der Waals surface area contributed by atoms with Crippen molar-refractivity contribution in [1.82, 2.24) is 9.88 Å². The SMILES string of the molecule is CC[Si](CC)(CC)O[C@H](C)[C@H]1C(=O)N2C(C(=O)OCc3ccc(N=[N+]=[N-])cc3)=C(c3ccc(COc4ccc5nc6ccc(=O)cc-6oc5c4)cc3[N+](=O)[O-])C[C@H]12. The number of ether oxygens (including phenoxy) is 2. The van der Waals surface area contributed by atoms with E-state index in [1.54, 1.807) is 60.7 Å². The minimum Gasteiger partial charge on any atom is -0.489 e. The average molecular weight is 789 g/mol. The predicted octanol–water partition coefficient (Wildman–Crippen LogP) is 8.82. The molecular weight excluding hydrogens is 749 g/mol. The third-order valence-electron chi connectivity index (χ3n) is 11.1. The number of azide groups is 1. The van der Waals surface area contributed by atoms with Crippen molar-refractivity contribution in [1.29, 1.82) is 0 Å². The lowest BCUT2D eigenvalue weighted by molar-refractivity contribution is -0.385. The third kappa shape index (κ3) is 7.62. The molecule has 57 heavy (non-hydrogen) atoms. The molecule has 1 aliphatic carbocycles. The van der Waals surface area contributed by atoms with Gasteiger partial charge in [-0.15, -0.1) is 0 Å². The highest BCUT2D eigenvalue weighted by molar-refractivity contribution is 6.73. The minimum atomic E-state index is -2.09. The smallest absolute Gasteiger partial charge is 0.355 e. The summed E-state index contributed by atoms with van der Waals surface area (Å²) in [7, 11) is -2.09. The number of hydrogen-bond donors (Lipinski definition) is 0. The van der Waals surface area contributed by atoms with Gasteiger partial charge in [0.1, 0.15) is 35.9 Å². The van der Waals surface area contributed by atoms with Gasteiger partial charge < -0.3 is 23.2 Å². The fraction of sp³-hybridized carbons (Fsp3) is 0.317. The van der Waals surface area contributed by atoms with E-state index in [9.17, 15) is 24.5 Å². The van der Waals surface area contributed by atoms with Gasteiger partial charge in [0.2, 0.25) is 5.91 Å². The maximum atomic E-state index is 14.0. The van der Waals surface area contributed by atoms with Crippen molar-refractivity contribution in [3.63, 3.8) is 0 Å². The Morgan fingerprint density at radius 2 is 1.75 bits per heavy atom. The number of nitrogens with zero attached hydrogens (tertiary/aromatic N) is 6. The van der Waals surface area contributed by atoms with Crippen molar-refractivity contribution in [3.05, 3.63) is 132 Å². The van der Waals surface area contributed by atoms with Crippen LogP contribution in [0.1, 0.15) is 50.8 Å². The van der Waals surface area contributed by atoms with E-state index in [0.717, 1.165) is 18.1 Å². The van der Waals surface area contributed by atoms with Crippen LogP contribution in [0, 0.1) is 16.0 Å². The highest BCUT2D eigenvalue weighted by Gasteiger charge is 2.58. The largest absolute Gasteiger partial charge is 0.489 e. The van der Waals surface area contributed by atoms with Crippen LogP contribution >= 0.6 is 0 Å². The number of rotatable bonds is 15. The van der Waals surface area contributed by atoms with Gasteiger partial charge >= 0.3 is 5.97 Å². The van der Waals surface area contributed by atoms with Crippen LogP contribution in [0.5, 0.6) is 5.75 Å². The first kappa shape index (κ1) is 38.9. The second-order valence-corrected chi connectivity index (χ2v) is 18.9. The van der Waals surface area contributed by atoms with E-state index < -0.39 is 37.3 Å². The maximum Gasteiger partial charge on any atom is 0.355 e. The van der Waals surface area contributed by atoms with E-state index in [1.165, 1.54) is 23.1 Å². The highest BCUT2D eigenvalue weighted by Crippen LogP contribution is 2.50. The molecule has 1 saturated heterocycles.